The molecule has 1 amide bonds. The van der Waals surface area contributed by atoms with Crippen LogP contribution in [0.15, 0.2) is 23.3 Å². The number of carbonyl (C=O) groups excluding carboxylic acids is 1. The Morgan fingerprint density at radius 2 is 2.31 bits per heavy atom. The molecule has 4 nitrogen and oxygen atoms in total. The predicted octanol–water partition coefficient (Wildman–Crippen LogP) is 0.215. The van der Waals surface area contributed by atoms with Gasteiger partial charge in [0.15, 0.2) is 0 Å². The van der Waals surface area contributed by atoms with Crippen molar-refractivity contribution in [3.8, 4) is 0 Å². The van der Waals surface area contributed by atoms with Crippen molar-refractivity contribution in [1.82, 2.24) is 4.90 Å². The van der Waals surface area contributed by atoms with Crippen LogP contribution < -0.4 is 0 Å². The summed E-state index contributed by atoms with van der Waals surface area (Å²) < 4.78 is 0. The maximum absolute atomic E-state index is 11.5. The molecule has 4 heteroatoms. The molecule has 88 valence electrons. The normalized spacial score (nSPS) is 30.6. The van der Waals surface area contributed by atoms with E-state index in [0.717, 1.165) is 17.6 Å². The number of rotatable bonds is 1. The van der Waals surface area contributed by atoms with Gasteiger partial charge in [0.05, 0.1) is 18.2 Å². The first-order chi connectivity index (χ1) is 7.52. The molecule has 0 bridgehead atoms. The zero-order chi connectivity index (χ0) is 11.9. The van der Waals surface area contributed by atoms with Crippen LogP contribution in [0.5, 0.6) is 0 Å². The van der Waals surface area contributed by atoms with Crippen LogP contribution in [0, 0.1) is 0 Å². The third kappa shape index (κ3) is 1.68. The maximum Gasteiger partial charge on any atom is 0.220 e. The van der Waals surface area contributed by atoms with Gasteiger partial charge in [0, 0.05) is 13.5 Å². The average Bonchev–Trinajstić information content (AvgIpc) is 2.56. The van der Waals surface area contributed by atoms with Gasteiger partial charge in [-0.15, -0.1) is 0 Å². The van der Waals surface area contributed by atoms with Crippen LogP contribution in [-0.2, 0) is 4.79 Å². The third-order valence-corrected chi connectivity index (χ3v) is 3.25. The van der Waals surface area contributed by atoms with Gasteiger partial charge < -0.3 is 15.1 Å². The highest BCUT2D eigenvalue weighted by molar-refractivity contribution is 5.75. The van der Waals surface area contributed by atoms with Crippen molar-refractivity contribution in [3.05, 3.63) is 23.3 Å². The number of hydrogen-bond acceptors (Lipinski definition) is 3. The molecule has 1 aliphatic heterocycles. The molecular formula is C12H17NO3. The number of aliphatic hydroxyl groups is 2. The molecule has 0 unspecified atom stereocenters. The minimum Gasteiger partial charge on any atom is -0.389 e. The Labute approximate surface area is 94.9 Å². The zero-order valence-corrected chi connectivity index (χ0v) is 9.55. The van der Waals surface area contributed by atoms with E-state index in [2.05, 4.69) is 0 Å². The molecular weight excluding hydrogens is 206 g/mol. The van der Waals surface area contributed by atoms with Crippen molar-refractivity contribution in [3.63, 3.8) is 0 Å². The van der Waals surface area contributed by atoms with Gasteiger partial charge in [-0.25, -0.2) is 0 Å². The third-order valence-electron chi connectivity index (χ3n) is 3.25. The summed E-state index contributed by atoms with van der Waals surface area (Å²) in [6, 6.07) is -0.296. The molecule has 0 aromatic carbocycles. The van der Waals surface area contributed by atoms with Gasteiger partial charge in [-0.2, -0.15) is 0 Å². The van der Waals surface area contributed by atoms with Crippen LogP contribution in [0.25, 0.3) is 0 Å². The SMILES string of the molecule is CC(=O)N1CCC=C2C([C@@H](C)O)=C[C@H](O)[C@H]21. The number of aliphatic hydroxyl groups excluding tert-OH is 2. The number of nitrogens with zero attached hydrogens (tertiary/aromatic N) is 1. The van der Waals surface area contributed by atoms with Crippen LogP contribution in [-0.4, -0.2) is 45.8 Å². The predicted molar refractivity (Wildman–Crippen MR) is 59.6 cm³/mol. The number of hydrogen-bond donors (Lipinski definition) is 2. The Balaban J connectivity index is 2.33. The summed E-state index contributed by atoms with van der Waals surface area (Å²) in [5.41, 5.74) is 1.66. The highest BCUT2D eigenvalue weighted by atomic mass is 16.3. The molecule has 0 spiro atoms. The number of carbonyl (C=O) groups is 1. The Bertz CT molecular complexity index is 370. The monoisotopic (exact) mass is 223 g/mol. The van der Waals surface area contributed by atoms with E-state index < -0.39 is 12.2 Å². The molecule has 2 rings (SSSR count). The molecule has 0 saturated heterocycles. The smallest absolute Gasteiger partial charge is 0.220 e. The second kappa shape index (κ2) is 4.03. The lowest BCUT2D eigenvalue weighted by Crippen LogP contribution is -2.47. The fourth-order valence-electron chi connectivity index (χ4n) is 2.55. The summed E-state index contributed by atoms with van der Waals surface area (Å²) in [4.78, 5) is 13.1. The van der Waals surface area contributed by atoms with Gasteiger partial charge in [0.2, 0.25) is 5.91 Å². The molecule has 1 aliphatic carbocycles. The lowest BCUT2D eigenvalue weighted by atomic mass is 9.95. The molecule has 3 atom stereocenters. The molecule has 0 fully saturated rings. The Kier molecular flexibility index (Phi) is 2.86. The van der Waals surface area contributed by atoms with Crippen molar-refractivity contribution in [1.29, 1.82) is 0 Å². The first kappa shape index (κ1) is 11.4. The van der Waals surface area contributed by atoms with Crippen molar-refractivity contribution >= 4 is 5.91 Å². The molecule has 2 aliphatic rings. The molecule has 2 N–H and O–H groups in total. The summed E-state index contributed by atoms with van der Waals surface area (Å²) >= 11 is 0. The quantitative estimate of drug-likeness (QED) is 0.668. The molecule has 16 heavy (non-hydrogen) atoms. The largest absolute Gasteiger partial charge is 0.389 e. The van der Waals surface area contributed by atoms with Gasteiger partial charge in [0.1, 0.15) is 0 Å². The minimum atomic E-state index is -0.694. The van der Waals surface area contributed by atoms with Crippen LogP contribution in [0.4, 0.5) is 0 Å². The van der Waals surface area contributed by atoms with Crippen molar-refractivity contribution < 1.29 is 15.0 Å². The molecule has 0 radical (unpaired) electrons. The van der Waals surface area contributed by atoms with Gasteiger partial charge in [0.25, 0.3) is 0 Å². The van der Waals surface area contributed by atoms with E-state index in [1.165, 1.54) is 6.92 Å². The van der Waals surface area contributed by atoms with E-state index in [1.807, 2.05) is 6.08 Å². The van der Waals surface area contributed by atoms with E-state index in [4.69, 9.17) is 0 Å². The Morgan fingerprint density at radius 1 is 1.62 bits per heavy atom. The second-order valence-electron chi connectivity index (χ2n) is 4.39. The van der Waals surface area contributed by atoms with E-state index in [-0.39, 0.29) is 11.9 Å². The van der Waals surface area contributed by atoms with Gasteiger partial charge in [-0.3, -0.25) is 4.79 Å². The van der Waals surface area contributed by atoms with Crippen molar-refractivity contribution in [2.45, 2.75) is 38.5 Å². The molecule has 0 aromatic heterocycles. The van der Waals surface area contributed by atoms with Crippen LogP contribution >= 0.6 is 0 Å². The summed E-state index contributed by atoms with van der Waals surface area (Å²) in [5.74, 6) is -0.0325. The highest BCUT2D eigenvalue weighted by Crippen LogP contribution is 2.35. The first-order valence-corrected chi connectivity index (χ1v) is 5.58. The maximum atomic E-state index is 11.5. The zero-order valence-electron chi connectivity index (χ0n) is 9.55. The average molecular weight is 223 g/mol. The van der Waals surface area contributed by atoms with Gasteiger partial charge in [-0.05, 0) is 30.6 Å². The fraction of sp³-hybridized carbons (Fsp3) is 0.583. The van der Waals surface area contributed by atoms with Gasteiger partial charge >= 0.3 is 0 Å². The summed E-state index contributed by atoms with van der Waals surface area (Å²) in [5, 5.41) is 19.6. The summed E-state index contributed by atoms with van der Waals surface area (Å²) in [6.07, 6.45) is 3.15. The summed E-state index contributed by atoms with van der Waals surface area (Å²) in [6.45, 7) is 3.83. The lowest BCUT2D eigenvalue weighted by Gasteiger charge is -2.35. The lowest BCUT2D eigenvalue weighted by molar-refractivity contribution is -0.132. The number of amides is 1. The van der Waals surface area contributed by atoms with E-state index >= 15 is 0 Å². The summed E-state index contributed by atoms with van der Waals surface area (Å²) in [7, 11) is 0. The van der Waals surface area contributed by atoms with Crippen LogP contribution in [0.2, 0.25) is 0 Å². The molecule has 1 heterocycles. The fourth-order valence-corrected chi connectivity index (χ4v) is 2.55. The topological polar surface area (TPSA) is 60.8 Å². The van der Waals surface area contributed by atoms with Crippen molar-refractivity contribution in [2.75, 3.05) is 6.54 Å². The van der Waals surface area contributed by atoms with Gasteiger partial charge in [-0.1, -0.05) is 6.08 Å². The Morgan fingerprint density at radius 3 is 2.88 bits per heavy atom. The standard InChI is InChI=1S/C12H17NO3/c1-7(14)10-6-11(16)12-9(10)4-3-5-13(12)8(2)15/h4,6-7,11-12,14,16H,3,5H2,1-2H3/t7-,11+,12+/m1/s1. The molecule has 0 aromatic rings. The number of fused-ring (bicyclic) bond motifs is 1. The second-order valence-corrected chi connectivity index (χ2v) is 4.39. The van der Waals surface area contributed by atoms with Crippen LogP contribution in [0.1, 0.15) is 20.3 Å². The first-order valence-electron chi connectivity index (χ1n) is 5.58. The van der Waals surface area contributed by atoms with Crippen LogP contribution in [0.3, 0.4) is 0 Å². The minimum absolute atomic E-state index is 0.0325. The van der Waals surface area contributed by atoms with E-state index in [9.17, 15) is 15.0 Å². The molecule has 0 saturated carbocycles. The van der Waals surface area contributed by atoms with Crippen molar-refractivity contribution in [2.24, 2.45) is 0 Å². The highest BCUT2D eigenvalue weighted by Gasteiger charge is 2.39. The Hall–Kier alpha value is -1.13. The van der Waals surface area contributed by atoms with E-state index in [1.54, 1.807) is 17.9 Å². The van der Waals surface area contributed by atoms with E-state index in [0.29, 0.717) is 6.54 Å².